The minimum atomic E-state index is -5.25. The van der Waals surface area contributed by atoms with Gasteiger partial charge in [0.25, 0.3) is 6.43 Å². The fourth-order valence-electron chi connectivity index (χ4n) is 2.64. The van der Waals surface area contributed by atoms with Crippen LogP contribution in [0.2, 0.25) is 0 Å². The smallest absolute Gasteiger partial charge is 0.399 e. The molecule has 130 valence electrons. The van der Waals surface area contributed by atoms with Crippen molar-refractivity contribution in [3.8, 4) is 0 Å². The number of hydrogen-bond acceptors (Lipinski definition) is 2. The van der Waals surface area contributed by atoms with Crippen molar-refractivity contribution in [3.05, 3.63) is 58.7 Å². The maximum atomic E-state index is 13.9. The Morgan fingerprint density at radius 1 is 0.792 bits per heavy atom. The molecule has 0 radical (unpaired) electrons. The van der Waals surface area contributed by atoms with Gasteiger partial charge in [0.05, 0.1) is 0 Å². The monoisotopic (exact) mass is 344 g/mol. The van der Waals surface area contributed by atoms with E-state index in [1.165, 1.54) is 12.1 Å². The van der Waals surface area contributed by atoms with Gasteiger partial charge in [-0.2, -0.15) is 13.2 Å². The summed E-state index contributed by atoms with van der Waals surface area (Å²) in [4.78, 5) is 0. The minimum absolute atomic E-state index is 0.0156. The Bertz CT molecular complexity index is 702. The lowest BCUT2D eigenvalue weighted by molar-refractivity contribution is -0.211. The third kappa shape index (κ3) is 2.68. The number of rotatable bonds is 3. The highest BCUT2D eigenvalue weighted by molar-refractivity contribution is 5.57. The maximum absolute atomic E-state index is 13.9. The van der Waals surface area contributed by atoms with Gasteiger partial charge in [-0.25, -0.2) is 8.78 Å². The van der Waals surface area contributed by atoms with Crippen molar-refractivity contribution in [1.29, 1.82) is 0 Å². The third-order valence-corrected chi connectivity index (χ3v) is 4.24. The summed E-state index contributed by atoms with van der Waals surface area (Å²) in [6, 6.07) is 6.55. The van der Waals surface area contributed by atoms with Crippen LogP contribution in [0.5, 0.6) is 0 Å². The van der Waals surface area contributed by atoms with Crippen molar-refractivity contribution in [1.82, 2.24) is 0 Å². The first kappa shape index (κ1) is 18.0. The molecule has 2 nitrogen and oxygen atoms in total. The van der Waals surface area contributed by atoms with E-state index in [-0.39, 0.29) is 11.4 Å². The molecule has 0 saturated carbocycles. The summed E-state index contributed by atoms with van der Waals surface area (Å²) in [7, 11) is 0. The molecule has 2 aromatic rings. The highest BCUT2D eigenvalue weighted by atomic mass is 19.4. The van der Waals surface area contributed by atoms with E-state index in [4.69, 9.17) is 11.5 Å². The Kier molecular flexibility index (Phi) is 4.48. The Balaban J connectivity index is 2.87. The molecule has 0 heterocycles. The maximum Gasteiger partial charge on any atom is 0.407 e. The average molecular weight is 344 g/mol. The topological polar surface area (TPSA) is 52.0 Å². The van der Waals surface area contributed by atoms with Gasteiger partial charge in [0, 0.05) is 11.4 Å². The molecule has 7 heteroatoms. The molecule has 0 spiro atoms. The molecule has 0 aromatic heterocycles. The van der Waals surface area contributed by atoms with E-state index in [1.807, 2.05) is 0 Å². The van der Waals surface area contributed by atoms with Crippen LogP contribution in [-0.2, 0) is 5.41 Å². The number of alkyl halides is 5. The van der Waals surface area contributed by atoms with Crippen LogP contribution in [0.3, 0.4) is 0 Å². The third-order valence-electron chi connectivity index (χ3n) is 4.24. The van der Waals surface area contributed by atoms with Crippen LogP contribution in [0.1, 0.15) is 22.3 Å². The van der Waals surface area contributed by atoms with E-state index in [0.717, 1.165) is 24.3 Å². The van der Waals surface area contributed by atoms with Crippen LogP contribution in [0.4, 0.5) is 33.3 Å². The van der Waals surface area contributed by atoms with E-state index in [0.29, 0.717) is 11.1 Å². The van der Waals surface area contributed by atoms with E-state index in [1.54, 1.807) is 13.8 Å². The first-order chi connectivity index (χ1) is 11.0. The SMILES string of the molecule is Cc1ccc(C(c2ccc(C)c(N)c2)(C(F)F)C(F)(F)F)cc1N. The van der Waals surface area contributed by atoms with Gasteiger partial charge in [-0.15, -0.1) is 0 Å². The zero-order valence-electron chi connectivity index (χ0n) is 13.1. The number of benzene rings is 2. The van der Waals surface area contributed by atoms with Gasteiger partial charge in [-0.3, -0.25) is 0 Å². The van der Waals surface area contributed by atoms with Crippen LogP contribution < -0.4 is 11.5 Å². The molecule has 0 saturated heterocycles. The van der Waals surface area contributed by atoms with Crippen molar-refractivity contribution in [2.75, 3.05) is 11.5 Å². The van der Waals surface area contributed by atoms with Crippen LogP contribution in [0.15, 0.2) is 36.4 Å². The molecule has 0 fully saturated rings. The first-order valence-corrected chi connectivity index (χ1v) is 7.10. The van der Waals surface area contributed by atoms with Crippen LogP contribution >= 0.6 is 0 Å². The molecule has 2 aromatic carbocycles. The molecule has 4 N–H and O–H groups in total. The average Bonchev–Trinajstić information content (AvgIpc) is 2.45. The van der Waals surface area contributed by atoms with Gasteiger partial charge in [0.15, 0.2) is 5.41 Å². The fraction of sp³-hybridized carbons (Fsp3) is 0.294. The summed E-state index contributed by atoms with van der Waals surface area (Å²) in [6.45, 7) is 3.17. The van der Waals surface area contributed by atoms with E-state index >= 15 is 0 Å². The molecule has 2 rings (SSSR count). The van der Waals surface area contributed by atoms with Gasteiger partial charge in [0.2, 0.25) is 0 Å². The second-order valence-electron chi connectivity index (χ2n) is 5.75. The lowest BCUT2D eigenvalue weighted by atomic mass is 9.73. The molecule has 0 aliphatic rings. The lowest BCUT2D eigenvalue weighted by Gasteiger charge is -2.36. The van der Waals surface area contributed by atoms with Gasteiger partial charge in [-0.05, 0) is 48.2 Å². The number of aryl methyl sites for hydroxylation is 2. The van der Waals surface area contributed by atoms with Crippen molar-refractivity contribution >= 4 is 11.4 Å². The fourth-order valence-corrected chi connectivity index (χ4v) is 2.64. The van der Waals surface area contributed by atoms with Crippen molar-refractivity contribution < 1.29 is 22.0 Å². The van der Waals surface area contributed by atoms with Crippen LogP contribution in [0.25, 0.3) is 0 Å². The summed E-state index contributed by atoms with van der Waals surface area (Å²) in [6.07, 6.45) is -8.98. The molecular formula is C17H17F5N2. The molecule has 0 aliphatic carbocycles. The van der Waals surface area contributed by atoms with E-state index < -0.39 is 29.1 Å². The van der Waals surface area contributed by atoms with Gasteiger partial charge < -0.3 is 11.5 Å². The number of nitrogen functional groups attached to an aromatic ring is 2. The molecule has 0 amide bonds. The molecule has 0 bridgehead atoms. The lowest BCUT2D eigenvalue weighted by Crippen LogP contribution is -2.49. The van der Waals surface area contributed by atoms with Crippen LogP contribution in [0, 0.1) is 13.8 Å². The predicted octanol–water partition coefficient (Wildman–Crippen LogP) is 4.58. The number of halogens is 5. The molecular weight excluding hydrogens is 327 g/mol. The summed E-state index contributed by atoms with van der Waals surface area (Å²) in [5, 5.41) is 0. The van der Waals surface area contributed by atoms with Gasteiger partial charge in [-0.1, -0.05) is 24.3 Å². The first-order valence-electron chi connectivity index (χ1n) is 7.10. The second-order valence-corrected chi connectivity index (χ2v) is 5.75. The second kappa shape index (κ2) is 5.96. The molecule has 0 atom stereocenters. The Morgan fingerprint density at radius 3 is 1.42 bits per heavy atom. The standard InChI is InChI=1S/C17H17F5N2/c1-9-3-5-11(7-13(9)23)16(15(18)19,17(20,21)22)12-6-4-10(2)14(24)8-12/h3-8,15H,23-24H2,1-2H3. The highest BCUT2D eigenvalue weighted by Gasteiger charge is 2.63. The van der Waals surface area contributed by atoms with Gasteiger partial charge >= 0.3 is 6.18 Å². The Hall–Kier alpha value is -2.31. The van der Waals surface area contributed by atoms with Crippen molar-refractivity contribution in [2.45, 2.75) is 31.9 Å². The summed E-state index contributed by atoms with van der Waals surface area (Å²) in [5.74, 6) is 0. The molecule has 0 unspecified atom stereocenters. The Labute approximate surface area is 136 Å². The number of hydrogen-bond donors (Lipinski definition) is 2. The van der Waals surface area contributed by atoms with Crippen LogP contribution in [-0.4, -0.2) is 12.6 Å². The molecule has 0 aliphatic heterocycles. The zero-order chi connectivity index (χ0) is 18.3. The predicted molar refractivity (Wildman–Crippen MR) is 84.0 cm³/mol. The quantitative estimate of drug-likeness (QED) is 0.632. The summed E-state index contributed by atoms with van der Waals surface area (Å²) in [5.41, 5.74) is 7.62. The van der Waals surface area contributed by atoms with Crippen molar-refractivity contribution in [2.24, 2.45) is 0 Å². The zero-order valence-corrected chi connectivity index (χ0v) is 13.1. The largest absolute Gasteiger partial charge is 0.407 e. The number of anilines is 2. The molecule has 24 heavy (non-hydrogen) atoms. The van der Waals surface area contributed by atoms with E-state index in [2.05, 4.69) is 0 Å². The normalized spacial score (nSPS) is 12.7. The number of nitrogens with two attached hydrogens (primary N) is 2. The minimum Gasteiger partial charge on any atom is -0.399 e. The van der Waals surface area contributed by atoms with Crippen molar-refractivity contribution in [3.63, 3.8) is 0 Å². The highest BCUT2D eigenvalue weighted by Crippen LogP contribution is 2.51. The van der Waals surface area contributed by atoms with Gasteiger partial charge in [0.1, 0.15) is 0 Å². The Morgan fingerprint density at radius 2 is 1.17 bits per heavy atom. The van der Waals surface area contributed by atoms with E-state index in [9.17, 15) is 22.0 Å². The summed E-state index contributed by atoms with van der Waals surface area (Å²) >= 11 is 0. The summed E-state index contributed by atoms with van der Waals surface area (Å²) < 4.78 is 69.5.